The van der Waals surface area contributed by atoms with Crippen molar-refractivity contribution >= 4 is 15.9 Å². The van der Waals surface area contributed by atoms with Crippen LogP contribution in [0.1, 0.15) is 32.8 Å². The molecule has 0 amide bonds. The van der Waals surface area contributed by atoms with Crippen LogP contribution < -0.4 is 0 Å². The van der Waals surface area contributed by atoms with E-state index in [1.165, 1.54) is 22.3 Å². The third-order valence-electron chi connectivity index (χ3n) is 2.96. The van der Waals surface area contributed by atoms with E-state index in [1.54, 1.807) is 6.26 Å². The molecule has 1 aromatic carbocycles. The topological polar surface area (TPSA) is 13.1 Å². The summed E-state index contributed by atoms with van der Waals surface area (Å²) in [6.45, 7) is 6.32. The van der Waals surface area contributed by atoms with Crippen LogP contribution in [0.15, 0.2) is 34.9 Å². The molecule has 0 aliphatic heterocycles. The van der Waals surface area contributed by atoms with Gasteiger partial charge in [0.15, 0.2) is 0 Å². The summed E-state index contributed by atoms with van der Waals surface area (Å²) in [5.74, 6) is 0.989. The molecule has 1 unspecified atom stereocenters. The maximum Gasteiger partial charge on any atom is 0.124 e. The summed E-state index contributed by atoms with van der Waals surface area (Å²) >= 11 is 3.69. The van der Waals surface area contributed by atoms with E-state index in [-0.39, 0.29) is 4.83 Å². The number of furan rings is 1. The minimum Gasteiger partial charge on any atom is -0.468 e. The van der Waals surface area contributed by atoms with Crippen molar-refractivity contribution in [2.75, 3.05) is 0 Å². The number of hydrogen-bond acceptors (Lipinski definition) is 1. The van der Waals surface area contributed by atoms with Gasteiger partial charge in [-0.15, -0.1) is 0 Å². The predicted octanol–water partition coefficient (Wildman–Crippen LogP) is 4.69. The number of rotatable bonds is 2. The lowest BCUT2D eigenvalue weighted by atomic mass is 10.0. The minimum atomic E-state index is 0.141. The fraction of sp³-hybridized carbons (Fsp3) is 0.286. The first kappa shape index (κ1) is 11.5. The highest BCUT2D eigenvalue weighted by Gasteiger charge is 2.16. The van der Waals surface area contributed by atoms with Gasteiger partial charge in [-0.1, -0.05) is 34.1 Å². The van der Waals surface area contributed by atoms with Gasteiger partial charge in [-0.05, 0) is 49.1 Å². The molecule has 1 atom stereocenters. The first-order chi connectivity index (χ1) is 7.59. The maximum absolute atomic E-state index is 5.50. The molecule has 1 heterocycles. The summed E-state index contributed by atoms with van der Waals surface area (Å²) in [6, 6.07) is 8.49. The standard InChI is InChI=1S/C14H15BrO/c1-9-4-5-12(8-11(9)3)13(15)14-10(2)6-7-16-14/h4-8,13H,1-3H3. The van der Waals surface area contributed by atoms with Crippen LogP contribution in [0.4, 0.5) is 0 Å². The molecule has 0 aliphatic rings. The van der Waals surface area contributed by atoms with Crippen LogP contribution in [0.25, 0.3) is 0 Å². The van der Waals surface area contributed by atoms with Crippen LogP contribution in [0.2, 0.25) is 0 Å². The van der Waals surface area contributed by atoms with E-state index < -0.39 is 0 Å². The van der Waals surface area contributed by atoms with Gasteiger partial charge in [-0.25, -0.2) is 0 Å². The SMILES string of the molecule is Cc1ccc(C(Br)c2occc2C)cc1C. The highest BCUT2D eigenvalue weighted by Crippen LogP contribution is 2.33. The summed E-state index contributed by atoms with van der Waals surface area (Å²) in [4.78, 5) is 0.141. The second-order valence-corrected chi connectivity index (χ2v) is 5.09. The molecule has 84 valence electrons. The van der Waals surface area contributed by atoms with E-state index in [2.05, 4.69) is 54.9 Å². The van der Waals surface area contributed by atoms with Gasteiger partial charge in [0.05, 0.1) is 11.1 Å². The molecular weight excluding hydrogens is 264 g/mol. The quantitative estimate of drug-likeness (QED) is 0.727. The van der Waals surface area contributed by atoms with Gasteiger partial charge in [0.1, 0.15) is 5.76 Å². The number of benzene rings is 1. The average Bonchev–Trinajstić information content (AvgIpc) is 2.67. The van der Waals surface area contributed by atoms with Gasteiger partial charge in [0.2, 0.25) is 0 Å². The summed E-state index contributed by atoms with van der Waals surface area (Å²) in [5, 5.41) is 0. The Hall–Kier alpha value is -1.02. The molecule has 0 aliphatic carbocycles. The van der Waals surface area contributed by atoms with Crippen molar-refractivity contribution < 1.29 is 4.42 Å². The van der Waals surface area contributed by atoms with Crippen molar-refractivity contribution in [3.8, 4) is 0 Å². The molecule has 1 nitrogen and oxygen atoms in total. The third-order valence-corrected chi connectivity index (χ3v) is 3.90. The molecule has 0 saturated heterocycles. The van der Waals surface area contributed by atoms with Crippen LogP contribution in [0, 0.1) is 20.8 Å². The Labute approximate surface area is 105 Å². The Balaban J connectivity index is 2.38. The summed E-state index contributed by atoms with van der Waals surface area (Å²) in [7, 11) is 0. The van der Waals surface area contributed by atoms with E-state index in [9.17, 15) is 0 Å². The summed E-state index contributed by atoms with van der Waals surface area (Å²) < 4.78 is 5.50. The Bertz CT molecular complexity index is 499. The van der Waals surface area contributed by atoms with Crippen molar-refractivity contribution in [1.29, 1.82) is 0 Å². The van der Waals surface area contributed by atoms with Crippen LogP contribution >= 0.6 is 15.9 Å². The molecule has 16 heavy (non-hydrogen) atoms. The number of halogens is 1. The number of alkyl halides is 1. The van der Waals surface area contributed by atoms with Gasteiger partial charge in [-0.3, -0.25) is 0 Å². The molecule has 2 aromatic rings. The van der Waals surface area contributed by atoms with Crippen molar-refractivity contribution in [1.82, 2.24) is 0 Å². The van der Waals surface area contributed by atoms with Gasteiger partial charge in [-0.2, -0.15) is 0 Å². The molecule has 0 spiro atoms. The molecule has 0 N–H and O–H groups in total. The maximum atomic E-state index is 5.50. The zero-order chi connectivity index (χ0) is 11.7. The van der Waals surface area contributed by atoms with Crippen LogP contribution in [0.5, 0.6) is 0 Å². The first-order valence-corrected chi connectivity index (χ1v) is 6.26. The van der Waals surface area contributed by atoms with Crippen molar-refractivity contribution in [2.24, 2.45) is 0 Å². The van der Waals surface area contributed by atoms with Crippen LogP contribution in [-0.2, 0) is 0 Å². The molecular formula is C14H15BrO. The Morgan fingerprint density at radius 1 is 1.00 bits per heavy atom. The van der Waals surface area contributed by atoms with E-state index in [0.29, 0.717) is 0 Å². The fourth-order valence-electron chi connectivity index (χ4n) is 1.72. The van der Waals surface area contributed by atoms with Crippen molar-refractivity contribution in [3.63, 3.8) is 0 Å². The van der Waals surface area contributed by atoms with Gasteiger partial charge < -0.3 is 4.42 Å². The second-order valence-electron chi connectivity index (χ2n) is 4.17. The predicted molar refractivity (Wildman–Crippen MR) is 70.1 cm³/mol. The Kier molecular flexibility index (Phi) is 3.20. The van der Waals surface area contributed by atoms with Crippen LogP contribution in [0.3, 0.4) is 0 Å². The smallest absolute Gasteiger partial charge is 0.124 e. The summed E-state index contributed by atoms with van der Waals surface area (Å²) in [5.41, 5.74) is 5.05. The van der Waals surface area contributed by atoms with Gasteiger partial charge >= 0.3 is 0 Å². The average molecular weight is 279 g/mol. The highest BCUT2D eigenvalue weighted by molar-refractivity contribution is 9.09. The van der Waals surface area contributed by atoms with Crippen LogP contribution in [-0.4, -0.2) is 0 Å². The van der Waals surface area contributed by atoms with E-state index >= 15 is 0 Å². The van der Waals surface area contributed by atoms with E-state index in [4.69, 9.17) is 4.42 Å². The minimum absolute atomic E-state index is 0.141. The fourth-order valence-corrected chi connectivity index (χ4v) is 2.47. The number of hydrogen-bond donors (Lipinski definition) is 0. The van der Waals surface area contributed by atoms with Gasteiger partial charge in [0.25, 0.3) is 0 Å². The normalized spacial score (nSPS) is 12.8. The monoisotopic (exact) mass is 278 g/mol. The zero-order valence-electron chi connectivity index (χ0n) is 9.75. The van der Waals surface area contributed by atoms with Crippen molar-refractivity contribution in [2.45, 2.75) is 25.6 Å². The lowest BCUT2D eigenvalue weighted by Crippen LogP contribution is -1.94. The van der Waals surface area contributed by atoms with Crippen molar-refractivity contribution in [3.05, 3.63) is 58.5 Å². The summed E-state index contributed by atoms with van der Waals surface area (Å²) in [6.07, 6.45) is 1.74. The van der Waals surface area contributed by atoms with E-state index in [1.807, 2.05) is 6.07 Å². The Morgan fingerprint density at radius 2 is 1.75 bits per heavy atom. The molecule has 2 rings (SSSR count). The highest BCUT2D eigenvalue weighted by atomic mass is 79.9. The van der Waals surface area contributed by atoms with Gasteiger partial charge in [0, 0.05) is 0 Å². The molecule has 0 bridgehead atoms. The molecule has 2 heteroatoms. The lowest BCUT2D eigenvalue weighted by Gasteiger charge is -2.10. The molecule has 1 aromatic heterocycles. The first-order valence-electron chi connectivity index (χ1n) is 5.35. The van der Waals surface area contributed by atoms with E-state index in [0.717, 1.165) is 5.76 Å². The number of aryl methyl sites for hydroxylation is 3. The zero-order valence-corrected chi connectivity index (χ0v) is 11.3. The molecule has 0 radical (unpaired) electrons. The lowest BCUT2D eigenvalue weighted by molar-refractivity contribution is 0.517. The second kappa shape index (κ2) is 4.46. The molecule has 0 saturated carbocycles. The third kappa shape index (κ3) is 2.07. The largest absolute Gasteiger partial charge is 0.468 e. The Morgan fingerprint density at radius 3 is 2.31 bits per heavy atom. The molecule has 0 fully saturated rings.